The molecule has 2 unspecified atom stereocenters. The van der Waals surface area contributed by atoms with E-state index in [1.54, 1.807) is 0 Å². The molecule has 96 valence electrons. The Morgan fingerprint density at radius 1 is 1.33 bits per heavy atom. The molecule has 2 fully saturated rings. The van der Waals surface area contributed by atoms with E-state index in [4.69, 9.17) is 0 Å². The van der Waals surface area contributed by atoms with Crippen molar-refractivity contribution in [3.63, 3.8) is 0 Å². The lowest BCUT2D eigenvalue weighted by molar-refractivity contribution is -0.144. The lowest BCUT2D eigenvalue weighted by Crippen LogP contribution is -2.53. The number of amides is 1. The molecule has 3 rings (SSSR count). The molecule has 1 amide bonds. The van der Waals surface area contributed by atoms with Gasteiger partial charge in [0, 0.05) is 10.8 Å². The van der Waals surface area contributed by atoms with E-state index < -0.39 is 0 Å². The molecule has 0 spiro atoms. The summed E-state index contributed by atoms with van der Waals surface area (Å²) in [6.07, 6.45) is 2.88. The largest absolute Gasteiger partial charge is 0.326 e. The second kappa shape index (κ2) is 4.30. The summed E-state index contributed by atoms with van der Waals surface area (Å²) in [4.78, 5) is 13.9. The highest BCUT2D eigenvalue weighted by atomic mass is 32.2. The van der Waals surface area contributed by atoms with Crippen LogP contribution < -0.4 is 0 Å². The Morgan fingerprint density at radius 3 is 2.72 bits per heavy atom. The van der Waals surface area contributed by atoms with Crippen LogP contribution in [0.25, 0.3) is 0 Å². The number of nitrogens with zero attached hydrogens (tertiary/aromatic N) is 1. The summed E-state index contributed by atoms with van der Waals surface area (Å²) < 4.78 is 0.200. The average molecular weight is 261 g/mol. The highest BCUT2D eigenvalue weighted by Crippen LogP contribution is 2.51. The number of thioether (sulfide) groups is 1. The van der Waals surface area contributed by atoms with Gasteiger partial charge >= 0.3 is 0 Å². The maximum atomic E-state index is 11.7. The molecule has 1 aromatic carbocycles. The Hall–Kier alpha value is -0.960. The van der Waals surface area contributed by atoms with Gasteiger partial charge < -0.3 is 4.90 Å². The molecule has 2 aliphatic rings. The lowest BCUT2D eigenvalue weighted by Gasteiger charge is -2.39. The molecule has 3 heteroatoms. The predicted molar refractivity (Wildman–Crippen MR) is 75.5 cm³/mol. The number of carbonyl (C=O) groups excluding carboxylic acids is 1. The first-order valence-corrected chi connectivity index (χ1v) is 7.49. The molecule has 0 bridgehead atoms. The SMILES string of the molecule is CC1(C)SC2CC(=O)N2C1CCc1ccccc1. The average Bonchev–Trinajstić information content (AvgIpc) is 2.54. The van der Waals surface area contributed by atoms with Crippen LogP contribution in [0.5, 0.6) is 0 Å². The van der Waals surface area contributed by atoms with Crippen LogP contribution in [0.1, 0.15) is 32.3 Å². The maximum Gasteiger partial charge on any atom is 0.226 e. The summed E-state index contributed by atoms with van der Waals surface area (Å²) in [5, 5.41) is 0.452. The first kappa shape index (κ1) is 12.1. The molecule has 2 nitrogen and oxygen atoms in total. The third-order valence-electron chi connectivity index (χ3n) is 4.07. The Balaban J connectivity index is 1.69. The van der Waals surface area contributed by atoms with Crippen LogP contribution in [0.3, 0.4) is 0 Å². The second-order valence-corrected chi connectivity index (χ2v) is 7.55. The van der Waals surface area contributed by atoms with Crippen LogP contribution in [0.2, 0.25) is 0 Å². The molecule has 2 heterocycles. The fourth-order valence-electron chi connectivity index (χ4n) is 3.07. The Morgan fingerprint density at radius 2 is 2.06 bits per heavy atom. The van der Waals surface area contributed by atoms with Crippen molar-refractivity contribution < 1.29 is 4.79 Å². The molecule has 1 aromatic rings. The number of aryl methyl sites for hydroxylation is 1. The molecular formula is C15H19NOS. The van der Waals surface area contributed by atoms with Gasteiger partial charge in [-0.25, -0.2) is 0 Å². The van der Waals surface area contributed by atoms with Crippen molar-refractivity contribution in [1.29, 1.82) is 0 Å². The van der Waals surface area contributed by atoms with Crippen LogP contribution in [0, 0.1) is 0 Å². The van der Waals surface area contributed by atoms with Crippen molar-refractivity contribution >= 4 is 17.7 Å². The fourth-order valence-corrected chi connectivity index (χ4v) is 4.77. The molecule has 0 aliphatic carbocycles. The zero-order chi connectivity index (χ0) is 12.8. The number of carbonyl (C=O) groups is 1. The number of fused-ring (bicyclic) bond motifs is 1. The third kappa shape index (κ3) is 1.95. The molecule has 2 saturated heterocycles. The highest BCUT2D eigenvalue weighted by molar-refractivity contribution is 8.01. The number of hydrogen-bond donors (Lipinski definition) is 0. The summed E-state index contributed by atoms with van der Waals surface area (Å²) in [6, 6.07) is 11.0. The van der Waals surface area contributed by atoms with Gasteiger partial charge in [0.15, 0.2) is 0 Å². The standard InChI is InChI=1S/C15H19NOS/c1-15(2)12(16-13(17)10-14(16)18-15)9-8-11-6-4-3-5-7-11/h3-7,12,14H,8-10H2,1-2H3. The zero-order valence-electron chi connectivity index (χ0n) is 10.9. The van der Waals surface area contributed by atoms with Crippen molar-refractivity contribution in [2.75, 3.05) is 0 Å². The smallest absolute Gasteiger partial charge is 0.226 e. The number of β-lactam (4-membered cyclic amide) rings is 1. The van der Waals surface area contributed by atoms with Gasteiger partial charge in [-0.1, -0.05) is 30.3 Å². The van der Waals surface area contributed by atoms with Crippen LogP contribution in [-0.2, 0) is 11.2 Å². The number of rotatable bonds is 3. The first-order valence-electron chi connectivity index (χ1n) is 6.61. The summed E-state index contributed by atoms with van der Waals surface area (Å²) >= 11 is 1.97. The van der Waals surface area contributed by atoms with Crippen LogP contribution in [-0.4, -0.2) is 27.0 Å². The van der Waals surface area contributed by atoms with Gasteiger partial charge in [0.1, 0.15) is 0 Å². The van der Waals surface area contributed by atoms with Crippen LogP contribution >= 0.6 is 11.8 Å². The molecule has 18 heavy (non-hydrogen) atoms. The van der Waals surface area contributed by atoms with E-state index in [-0.39, 0.29) is 4.75 Å². The summed E-state index contributed by atoms with van der Waals surface area (Å²) in [6.45, 7) is 4.55. The Labute approximate surface area is 113 Å². The second-order valence-electron chi connectivity index (χ2n) is 5.72. The number of benzene rings is 1. The van der Waals surface area contributed by atoms with Crippen molar-refractivity contribution in [3.8, 4) is 0 Å². The van der Waals surface area contributed by atoms with Gasteiger partial charge in [0.05, 0.1) is 11.8 Å². The normalized spacial score (nSPS) is 29.0. The Kier molecular flexibility index (Phi) is 2.89. The van der Waals surface area contributed by atoms with E-state index >= 15 is 0 Å². The quantitative estimate of drug-likeness (QED) is 0.779. The van der Waals surface area contributed by atoms with Gasteiger partial charge in [-0.15, -0.1) is 11.8 Å². The van der Waals surface area contributed by atoms with Crippen molar-refractivity contribution in [1.82, 2.24) is 4.90 Å². The minimum atomic E-state index is 0.200. The zero-order valence-corrected chi connectivity index (χ0v) is 11.7. The van der Waals surface area contributed by atoms with Gasteiger partial charge in [0.25, 0.3) is 0 Å². The molecule has 0 aromatic heterocycles. The summed E-state index contributed by atoms with van der Waals surface area (Å²) in [5.41, 5.74) is 1.37. The summed E-state index contributed by atoms with van der Waals surface area (Å²) in [5.74, 6) is 0.344. The molecule has 0 saturated carbocycles. The third-order valence-corrected chi connectivity index (χ3v) is 5.62. The molecule has 2 atom stereocenters. The van der Waals surface area contributed by atoms with E-state index in [0.717, 1.165) is 19.3 Å². The van der Waals surface area contributed by atoms with Crippen LogP contribution in [0.4, 0.5) is 0 Å². The van der Waals surface area contributed by atoms with Crippen molar-refractivity contribution in [2.24, 2.45) is 0 Å². The van der Waals surface area contributed by atoms with Gasteiger partial charge in [-0.2, -0.15) is 0 Å². The maximum absolute atomic E-state index is 11.7. The van der Waals surface area contributed by atoms with Gasteiger partial charge in [-0.05, 0) is 32.3 Å². The van der Waals surface area contributed by atoms with Crippen LogP contribution in [0.15, 0.2) is 30.3 Å². The molecule has 0 N–H and O–H groups in total. The molecule has 2 aliphatic heterocycles. The minimum absolute atomic E-state index is 0.200. The minimum Gasteiger partial charge on any atom is -0.326 e. The monoisotopic (exact) mass is 261 g/mol. The van der Waals surface area contributed by atoms with E-state index in [9.17, 15) is 4.79 Å². The van der Waals surface area contributed by atoms with E-state index in [1.807, 2.05) is 17.8 Å². The van der Waals surface area contributed by atoms with Gasteiger partial charge in [-0.3, -0.25) is 4.79 Å². The van der Waals surface area contributed by atoms with E-state index in [2.05, 4.69) is 43.0 Å². The van der Waals surface area contributed by atoms with E-state index in [0.29, 0.717) is 17.3 Å². The fraction of sp³-hybridized carbons (Fsp3) is 0.533. The van der Waals surface area contributed by atoms with Gasteiger partial charge in [0.2, 0.25) is 5.91 Å². The van der Waals surface area contributed by atoms with Crippen molar-refractivity contribution in [2.45, 2.75) is 49.3 Å². The van der Waals surface area contributed by atoms with Crippen molar-refractivity contribution in [3.05, 3.63) is 35.9 Å². The lowest BCUT2D eigenvalue weighted by atomic mass is 9.92. The predicted octanol–water partition coefficient (Wildman–Crippen LogP) is 3.07. The molecular weight excluding hydrogens is 242 g/mol. The Bertz CT molecular complexity index is 457. The summed E-state index contributed by atoms with van der Waals surface area (Å²) in [7, 11) is 0. The highest BCUT2D eigenvalue weighted by Gasteiger charge is 2.54. The molecule has 0 radical (unpaired) electrons. The first-order chi connectivity index (χ1) is 8.58. The topological polar surface area (TPSA) is 20.3 Å². The number of hydrogen-bond acceptors (Lipinski definition) is 2. The van der Waals surface area contributed by atoms with E-state index in [1.165, 1.54) is 5.56 Å².